The maximum atomic E-state index is 13.7. The predicted molar refractivity (Wildman–Crippen MR) is 114 cm³/mol. The Morgan fingerprint density at radius 3 is 2.25 bits per heavy atom. The van der Waals surface area contributed by atoms with Gasteiger partial charge in [-0.2, -0.15) is 0 Å². The molecule has 0 saturated carbocycles. The molecule has 2 amide bonds. The molecular weight excluding hydrogens is 412 g/mol. The van der Waals surface area contributed by atoms with Crippen molar-refractivity contribution in [2.45, 2.75) is 18.5 Å². The summed E-state index contributed by atoms with van der Waals surface area (Å²) >= 11 is 0. The highest BCUT2D eigenvalue weighted by Crippen LogP contribution is 2.54. The molecule has 2 aromatic rings. The van der Waals surface area contributed by atoms with Crippen LogP contribution in [0, 0.1) is 11.8 Å². The molecule has 2 saturated heterocycles. The average Bonchev–Trinajstić information content (AvgIpc) is 3.30. The summed E-state index contributed by atoms with van der Waals surface area (Å²) in [5, 5.41) is 0. The average molecular weight is 436 g/mol. The van der Waals surface area contributed by atoms with Gasteiger partial charge < -0.3 is 14.2 Å². The van der Waals surface area contributed by atoms with Gasteiger partial charge >= 0.3 is 5.97 Å². The minimum atomic E-state index is -0.818. The van der Waals surface area contributed by atoms with Crippen molar-refractivity contribution in [3.05, 3.63) is 53.6 Å². The van der Waals surface area contributed by atoms with E-state index in [1.54, 1.807) is 38.5 Å². The van der Waals surface area contributed by atoms with Crippen LogP contribution in [0.25, 0.3) is 0 Å². The van der Waals surface area contributed by atoms with Crippen molar-refractivity contribution in [3.8, 4) is 11.5 Å². The van der Waals surface area contributed by atoms with E-state index in [-0.39, 0.29) is 11.8 Å². The number of carbonyl (C=O) groups is 3. The normalized spacial score (nSPS) is 26.4. The lowest BCUT2D eigenvalue weighted by molar-refractivity contribution is -0.149. The summed E-state index contributed by atoms with van der Waals surface area (Å²) in [4.78, 5) is 43.2. The van der Waals surface area contributed by atoms with Crippen LogP contribution < -0.4 is 14.4 Å². The van der Waals surface area contributed by atoms with Gasteiger partial charge in [0.25, 0.3) is 0 Å². The molecule has 0 radical (unpaired) electrons. The minimum Gasteiger partial charge on any atom is -0.493 e. The Hall–Kier alpha value is -3.39. The summed E-state index contributed by atoms with van der Waals surface area (Å²) < 4.78 is 16.0. The zero-order valence-electron chi connectivity index (χ0n) is 18.1. The van der Waals surface area contributed by atoms with Gasteiger partial charge in [-0.05, 0) is 41.8 Å². The molecule has 3 aliphatic rings. The number of hydrogen-bond acceptors (Lipinski definition) is 7. The Balaban J connectivity index is 1.66. The highest BCUT2D eigenvalue weighted by Gasteiger charge is 2.65. The maximum absolute atomic E-state index is 13.7. The number of ether oxygens (including phenoxy) is 3. The molecular formula is C24H24N2O6. The second-order valence-corrected chi connectivity index (χ2v) is 8.21. The molecule has 2 fully saturated rings. The molecule has 5 rings (SSSR count). The zero-order valence-corrected chi connectivity index (χ0v) is 18.1. The number of nitrogens with zero attached hydrogens (tertiary/aromatic N) is 2. The van der Waals surface area contributed by atoms with E-state index in [9.17, 15) is 14.4 Å². The van der Waals surface area contributed by atoms with Crippen LogP contribution in [-0.4, -0.2) is 56.6 Å². The molecule has 0 bridgehead atoms. The molecule has 3 heterocycles. The quantitative estimate of drug-likeness (QED) is 0.535. The highest BCUT2D eigenvalue weighted by molar-refractivity contribution is 6.23. The van der Waals surface area contributed by atoms with Gasteiger partial charge in [-0.3, -0.25) is 19.3 Å². The van der Waals surface area contributed by atoms with E-state index in [1.165, 1.54) is 12.0 Å². The summed E-state index contributed by atoms with van der Waals surface area (Å²) in [7, 11) is 4.45. The summed E-state index contributed by atoms with van der Waals surface area (Å²) in [5.41, 5.74) is 2.41. The number of carbonyl (C=O) groups excluding carboxylic acids is 3. The Labute approximate surface area is 185 Å². The van der Waals surface area contributed by atoms with Crippen molar-refractivity contribution in [3.63, 3.8) is 0 Å². The Morgan fingerprint density at radius 2 is 1.59 bits per heavy atom. The van der Waals surface area contributed by atoms with Crippen LogP contribution in [0.15, 0.2) is 42.5 Å². The number of amides is 2. The fourth-order valence-electron chi connectivity index (χ4n) is 5.53. The topological polar surface area (TPSA) is 85.4 Å². The number of imide groups is 1. The van der Waals surface area contributed by atoms with Gasteiger partial charge in [0.2, 0.25) is 11.8 Å². The van der Waals surface area contributed by atoms with Gasteiger partial charge in [-0.1, -0.05) is 18.2 Å². The minimum absolute atomic E-state index is 0.296. The summed E-state index contributed by atoms with van der Waals surface area (Å²) in [5.74, 6) is -1.50. The Bertz CT molecular complexity index is 1100. The van der Waals surface area contributed by atoms with Crippen LogP contribution in [0.5, 0.6) is 11.5 Å². The Kier molecular flexibility index (Phi) is 4.89. The van der Waals surface area contributed by atoms with Crippen molar-refractivity contribution in [2.24, 2.45) is 11.8 Å². The lowest BCUT2D eigenvalue weighted by Crippen LogP contribution is -2.48. The largest absolute Gasteiger partial charge is 0.493 e. The van der Waals surface area contributed by atoms with E-state index < -0.39 is 29.9 Å². The van der Waals surface area contributed by atoms with Gasteiger partial charge in [-0.15, -0.1) is 0 Å². The van der Waals surface area contributed by atoms with Gasteiger partial charge in [0, 0.05) is 12.6 Å². The van der Waals surface area contributed by atoms with E-state index in [0.717, 1.165) is 11.1 Å². The van der Waals surface area contributed by atoms with Crippen LogP contribution in [0.2, 0.25) is 0 Å². The number of hydrogen-bond donors (Lipinski definition) is 0. The van der Waals surface area contributed by atoms with Gasteiger partial charge in [-0.25, -0.2) is 4.90 Å². The van der Waals surface area contributed by atoms with Gasteiger partial charge in [0.15, 0.2) is 11.5 Å². The first kappa shape index (κ1) is 20.5. The smallest absolute Gasteiger partial charge is 0.323 e. The first-order valence-corrected chi connectivity index (χ1v) is 10.5. The second-order valence-electron chi connectivity index (χ2n) is 8.21. The summed E-state index contributed by atoms with van der Waals surface area (Å²) in [6.07, 6.45) is 0.657. The van der Waals surface area contributed by atoms with Crippen LogP contribution in [-0.2, 0) is 25.5 Å². The molecule has 0 unspecified atom stereocenters. The molecule has 0 N–H and O–H groups in total. The molecule has 8 heteroatoms. The number of para-hydroxylation sites is 1. The number of rotatable bonds is 4. The third-order valence-electron chi connectivity index (χ3n) is 6.85. The molecule has 0 spiro atoms. The SMILES string of the molecule is COC(=O)[C@@H]1[C@@H]2C(=O)N(c3ccccc3)C(=O)[C@@H]2[C@H]2c3cc(OC)c(OC)cc3CCN12. The first-order valence-electron chi connectivity index (χ1n) is 10.5. The number of benzene rings is 2. The number of fused-ring (bicyclic) bond motifs is 5. The number of esters is 1. The van der Waals surface area contributed by atoms with Gasteiger partial charge in [0.1, 0.15) is 6.04 Å². The molecule has 166 valence electrons. The van der Waals surface area contributed by atoms with Gasteiger partial charge in [0.05, 0.1) is 38.9 Å². The van der Waals surface area contributed by atoms with E-state index >= 15 is 0 Å². The molecule has 4 atom stereocenters. The first-order chi connectivity index (χ1) is 15.5. The predicted octanol–water partition coefficient (Wildman–Crippen LogP) is 1.96. The van der Waals surface area contributed by atoms with Crippen LogP contribution >= 0.6 is 0 Å². The molecule has 0 aliphatic carbocycles. The van der Waals surface area contributed by atoms with Crippen molar-refractivity contribution in [1.29, 1.82) is 0 Å². The van der Waals surface area contributed by atoms with Crippen molar-refractivity contribution in [2.75, 3.05) is 32.8 Å². The van der Waals surface area contributed by atoms with Crippen molar-refractivity contribution < 1.29 is 28.6 Å². The Morgan fingerprint density at radius 1 is 0.938 bits per heavy atom. The third-order valence-corrected chi connectivity index (χ3v) is 6.85. The van der Waals surface area contributed by atoms with Crippen LogP contribution in [0.4, 0.5) is 5.69 Å². The summed E-state index contributed by atoms with van der Waals surface area (Å²) in [6.45, 7) is 0.534. The van der Waals surface area contributed by atoms with E-state index in [0.29, 0.717) is 30.2 Å². The molecule has 2 aromatic carbocycles. The van der Waals surface area contributed by atoms with Crippen molar-refractivity contribution in [1.82, 2.24) is 4.90 Å². The van der Waals surface area contributed by atoms with E-state index in [4.69, 9.17) is 14.2 Å². The van der Waals surface area contributed by atoms with Crippen LogP contribution in [0.3, 0.4) is 0 Å². The molecule has 8 nitrogen and oxygen atoms in total. The standard InChI is InChI=1S/C24H24N2O6/c1-30-16-11-13-9-10-25-20(15(13)12-17(16)31-2)18-19(21(25)24(29)32-3)23(28)26(22(18)27)14-7-5-4-6-8-14/h4-8,11-12,18-21H,9-10H2,1-3H3/t18-,19+,20+,21-/m0/s1. The zero-order chi connectivity index (χ0) is 22.6. The molecule has 0 aromatic heterocycles. The summed E-state index contributed by atoms with van der Waals surface area (Å²) in [6, 6.07) is 11.4. The van der Waals surface area contributed by atoms with E-state index in [1.807, 2.05) is 23.1 Å². The molecule has 3 aliphatic heterocycles. The highest BCUT2D eigenvalue weighted by atomic mass is 16.5. The lowest BCUT2D eigenvalue weighted by atomic mass is 9.83. The fraction of sp³-hybridized carbons (Fsp3) is 0.375. The number of anilines is 1. The van der Waals surface area contributed by atoms with Crippen LogP contribution in [0.1, 0.15) is 17.2 Å². The lowest BCUT2D eigenvalue weighted by Gasteiger charge is -2.37. The maximum Gasteiger partial charge on any atom is 0.323 e. The molecule has 32 heavy (non-hydrogen) atoms. The fourth-order valence-corrected chi connectivity index (χ4v) is 5.53. The monoisotopic (exact) mass is 436 g/mol. The van der Waals surface area contributed by atoms with E-state index in [2.05, 4.69) is 0 Å². The third kappa shape index (κ3) is 2.75. The second kappa shape index (κ2) is 7.63. The number of methoxy groups -OCH3 is 3. The van der Waals surface area contributed by atoms with Crippen molar-refractivity contribution >= 4 is 23.5 Å².